The molecule has 1 N–H and O–H groups in total. The average Bonchev–Trinajstić information content (AvgIpc) is 2.56. The summed E-state index contributed by atoms with van der Waals surface area (Å²) in [6.07, 6.45) is 3.86. The van der Waals surface area contributed by atoms with Gasteiger partial charge in [0.25, 0.3) is 5.56 Å². The van der Waals surface area contributed by atoms with Crippen LogP contribution in [-0.2, 0) is 0 Å². The summed E-state index contributed by atoms with van der Waals surface area (Å²) >= 11 is 1.36. The summed E-state index contributed by atoms with van der Waals surface area (Å²) < 4.78 is 1.45. The van der Waals surface area contributed by atoms with Crippen molar-refractivity contribution in [3.8, 4) is 17.3 Å². The van der Waals surface area contributed by atoms with Gasteiger partial charge in [-0.15, -0.1) is 10.2 Å². The van der Waals surface area contributed by atoms with Crippen LogP contribution in [0.1, 0.15) is 25.3 Å². The highest BCUT2D eigenvalue weighted by Crippen LogP contribution is 2.15. The normalized spacial score (nSPS) is 10.2. The highest BCUT2D eigenvalue weighted by Gasteiger charge is 2.13. The fraction of sp³-hybridized carbons (Fsp3) is 0.333. The molecule has 0 aliphatic rings. The van der Waals surface area contributed by atoms with Crippen LogP contribution in [0.25, 0.3) is 11.3 Å². The topological polar surface area (TPSA) is 83.6 Å². The van der Waals surface area contributed by atoms with Gasteiger partial charge < -0.3 is 5.43 Å². The fourth-order valence-electron chi connectivity index (χ4n) is 1.90. The molecule has 6 nitrogen and oxygen atoms in total. The van der Waals surface area contributed by atoms with Crippen LogP contribution in [0.5, 0.6) is 0 Å². The molecule has 0 atom stereocenters. The molecule has 0 saturated carbocycles. The number of nitriles is 1. The van der Waals surface area contributed by atoms with Gasteiger partial charge in [-0.2, -0.15) is 9.94 Å². The van der Waals surface area contributed by atoms with E-state index in [2.05, 4.69) is 22.5 Å². The maximum Gasteiger partial charge on any atom is 0.299 e. The lowest BCUT2D eigenvalue weighted by molar-refractivity contribution is 0.636. The lowest BCUT2D eigenvalue weighted by atomic mass is 10.1. The van der Waals surface area contributed by atoms with Crippen LogP contribution in [0.2, 0.25) is 0 Å². The summed E-state index contributed by atoms with van der Waals surface area (Å²) in [5, 5.41) is 17.5. The first-order chi connectivity index (χ1) is 10.7. The van der Waals surface area contributed by atoms with Crippen molar-refractivity contribution in [2.75, 3.05) is 18.2 Å². The predicted molar refractivity (Wildman–Crippen MR) is 87.4 cm³/mol. The van der Waals surface area contributed by atoms with Gasteiger partial charge in [-0.1, -0.05) is 37.2 Å². The first-order valence-corrected chi connectivity index (χ1v) is 8.21. The molecule has 0 aliphatic heterocycles. The van der Waals surface area contributed by atoms with Gasteiger partial charge in [0, 0.05) is 12.1 Å². The van der Waals surface area contributed by atoms with E-state index in [-0.39, 0.29) is 11.3 Å². The van der Waals surface area contributed by atoms with Crippen molar-refractivity contribution in [3.05, 3.63) is 40.2 Å². The maximum absolute atomic E-state index is 12.6. The van der Waals surface area contributed by atoms with Gasteiger partial charge in [-0.25, -0.2) is 0 Å². The number of hydrogen-bond acceptors (Lipinski definition) is 6. The monoisotopic (exact) mass is 315 g/mol. The molecule has 0 aliphatic carbocycles. The van der Waals surface area contributed by atoms with Crippen LogP contribution in [0, 0.1) is 11.3 Å². The third-order valence-corrected chi connectivity index (χ3v) is 3.73. The number of unbranched alkanes of at least 4 members (excludes halogenated alkanes) is 1. The Balaban J connectivity index is 2.42. The zero-order valence-electron chi connectivity index (χ0n) is 12.5. The van der Waals surface area contributed by atoms with Gasteiger partial charge in [-0.05, 0) is 24.8 Å². The van der Waals surface area contributed by atoms with Gasteiger partial charge in [0.05, 0.1) is 11.6 Å². The minimum absolute atomic E-state index is 0.236. The molecule has 2 aromatic rings. The van der Waals surface area contributed by atoms with E-state index < -0.39 is 0 Å². The van der Waals surface area contributed by atoms with E-state index in [0.717, 1.165) is 12.8 Å². The molecule has 0 spiro atoms. The molecule has 0 saturated heterocycles. The van der Waals surface area contributed by atoms with Gasteiger partial charge in [0.15, 0.2) is 5.69 Å². The Morgan fingerprint density at radius 3 is 2.64 bits per heavy atom. The Bertz CT molecular complexity index is 733. The first-order valence-electron chi connectivity index (χ1n) is 6.99. The Morgan fingerprint density at radius 2 is 2.05 bits per heavy atom. The van der Waals surface area contributed by atoms with Crippen LogP contribution < -0.4 is 11.0 Å². The summed E-state index contributed by atoms with van der Waals surface area (Å²) in [5.74, 6) is 0. The number of nitrogens with one attached hydrogen (secondary N) is 1. The highest BCUT2D eigenvalue weighted by atomic mass is 32.2. The zero-order valence-corrected chi connectivity index (χ0v) is 13.4. The van der Waals surface area contributed by atoms with Crippen molar-refractivity contribution in [3.63, 3.8) is 0 Å². The molecule has 1 heterocycles. The lowest BCUT2D eigenvalue weighted by Gasteiger charge is -2.13. The zero-order chi connectivity index (χ0) is 15.9. The molecule has 0 amide bonds. The van der Waals surface area contributed by atoms with E-state index in [0.29, 0.717) is 22.8 Å². The van der Waals surface area contributed by atoms with Gasteiger partial charge in [0.2, 0.25) is 5.16 Å². The van der Waals surface area contributed by atoms with Crippen LogP contribution >= 0.6 is 11.8 Å². The SMILES string of the molecule is CCCCNn1c(SC)nnc(-c2ccc(C#N)cc2)c1=O. The Hall–Kier alpha value is -2.33. The average molecular weight is 315 g/mol. The summed E-state index contributed by atoms with van der Waals surface area (Å²) in [4.78, 5) is 12.6. The number of rotatable bonds is 6. The van der Waals surface area contributed by atoms with Gasteiger partial charge >= 0.3 is 0 Å². The molecule has 1 aromatic carbocycles. The Labute approximate surface area is 133 Å². The fourth-order valence-corrected chi connectivity index (χ4v) is 2.35. The van der Waals surface area contributed by atoms with Crippen LogP contribution in [0.4, 0.5) is 0 Å². The van der Waals surface area contributed by atoms with Crippen molar-refractivity contribution < 1.29 is 0 Å². The summed E-state index contributed by atoms with van der Waals surface area (Å²) in [7, 11) is 0. The second-order valence-corrected chi connectivity index (χ2v) is 5.40. The number of thioether (sulfide) groups is 1. The lowest BCUT2D eigenvalue weighted by Crippen LogP contribution is -2.33. The maximum atomic E-state index is 12.6. The number of nitrogens with zero attached hydrogens (tertiary/aromatic N) is 4. The van der Waals surface area contributed by atoms with Crippen molar-refractivity contribution in [2.45, 2.75) is 24.9 Å². The van der Waals surface area contributed by atoms with E-state index in [9.17, 15) is 4.79 Å². The third-order valence-electron chi connectivity index (χ3n) is 3.10. The molecule has 114 valence electrons. The van der Waals surface area contributed by atoms with Crippen LogP contribution in [0.3, 0.4) is 0 Å². The Morgan fingerprint density at radius 1 is 1.32 bits per heavy atom. The summed E-state index contributed by atoms with van der Waals surface area (Å²) in [6, 6.07) is 8.79. The molecule has 0 radical (unpaired) electrons. The number of hydrogen-bond donors (Lipinski definition) is 1. The van der Waals surface area contributed by atoms with E-state index in [1.54, 1.807) is 24.3 Å². The smallest absolute Gasteiger partial charge is 0.299 e. The first kappa shape index (κ1) is 16.0. The van der Waals surface area contributed by atoms with E-state index >= 15 is 0 Å². The van der Waals surface area contributed by atoms with Gasteiger partial charge in [-0.3, -0.25) is 4.79 Å². The van der Waals surface area contributed by atoms with Crippen LogP contribution in [0.15, 0.2) is 34.2 Å². The van der Waals surface area contributed by atoms with E-state index in [1.807, 2.05) is 12.3 Å². The largest absolute Gasteiger partial charge is 0.321 e. The second-order valence-electron chi connectivity index (χ2n) is 4.63. The van der Waals surface area contributed by atoms with Crippen molar-refractivity contribution >= 4 is 11.8 Å². The molecule has 0 bridgehead atoms. The van der Waals surface area contributed by atoms with Crippen molar-refractivity contribution in [1.29, 1.82) is 5.26 Å². The number of benzene rings is 1. The molecular formula is C15H17N5OS. The van der Waals surface area contributed by atoms with Crippen LogP contribution in [-0.4, -0.2) is 27.7 Å². The minimum Gasteiger partial charge on any atom is -0.321 e. The molecule has 7 heteroatoms. The third kappa shape index (κ3) is 3.46. The molecule has 0 unspecified atom stereocenters. The van der Waals surface area contributed by atoms with E-state index in [4.69, 9.17) is 5.26 Å². The summed E-state index contributed by atoms with van der Waals surface area (Å²) in [6.45, 7) is 2.79. The summed E-state index contributed by atoms with van der Waals surface area (Å²) in [5.41, 5.74) is 4.32. The van der Waals surface area contributed by atoms with E-state index in [1.165, 1.54) is 16.4 Å². The Kier molecular flexibility index (Phi) is 5.55. The second kappa shape index (κ2) is 7.61. The molecule has 0 fully saturated rings. The van der Waals surface area contributed by atoms with Gasteiger partial charge in [0.1, 0.15) is 0 Å². The quantitative estimate of drug-likeness (QED) is 0.650. The standard InChI is InChI=1S/C15H17N5OS/c1-3-4-9-17-20-14(21)13(18-19-15(20)22-2)12-7-5-11(10-16)6-8-12/h5-8,17H,3-4,9H2,1-2H3. The van der Waals surface area contributed by atoms with Crippen molar-refractivity contribution in [1.82, 2.24) is 14.9 Å². The number of aromatic nitrogens is 3. The molecule has 22 heavy (non-hydrogen) atoms. The molecule has 1 aromatic heterocycles. The minimum atomic E-state index is -0.236. The molecule has 2 rings (SSSR count). The highest BCUT2D eigenvalue weighted by molar-refractivity contribution is 7.98. The molecular weight excluding hydrogens is 298 g/mol. The van der Waals surface area contributed by atoms with Crippen molar-refractivity contribution in [2.24, 2.45) is 0 Å². The predicted octanol–water partition coefficient (Wildman–Crippen LogP) is 2.24.